The Morgan fingerprint density at radius 2 is 1.91 bits per heavy atom. The number of hydrogen-bond acceptors (Lipinski definition) is 10. The lowest BCUT2D eigenvalue weighted by molar-refractivity contribution is 0.0295. The van der Waals surface area contributed by atoms with Gasteiger partial charge in [-0.3, -0.25) is 14.8 Å². The molecule has 2 amide bonds. The average molecular weight is 480 g/mol. The SMILES string of the molecule is CCn1ncc(NC(=O)Oc2nc(C3CC3)cnc2Nc2cncnc2)c1C(=O)N1CCOCC1. The highest BCUT2D eigenvalue weighted by atomic mass is 16.6. The summed E-state index contributed by atoms with van der Waals surface area (Å²) in [7, 11) is 0. The van der Waals surface area contributed by atoms with E-state index in [1.807, 2.05) is 6.92 Å². The van der Waals surface area contributed by atoms with Crippen molar-refractivity contribution in [2.75, 3.05) is 36.9 Å². The lowest BCUT2D eigenvalue weighted by Crippen LogP contribution is -2.41. The molecule has 3 aromatic heterocycles. The fourth-order valence-corrected chi connectivity index (χ4v) is 3.70. The van der Waals surface area contributed by atoms with Gasteiger partial charge in [0.2, 0.25) is 0 Å². The van der Waals surface area contributed by atoms with Gasteiger partial charge in [0, 0.05) is 25.6 Å². The molecule has 0 unspecified atom stereocenters. The van der Waals surface area contributed by atoms with Crippen LogP contribution in [0.3, 0.4) is 0 Å². The van der Waals surface area contributed by atoms with Crippen molar-refractivity contribution in [3.63, 3.8) is 0 Å². The van der Waals surface area contributed by atoms with Gasteiger partial charge in [-0.05, 0) is 19.8 Å². The molecule has 5 rings (SSSR count). The van der Waals surface area contributed by atoms with Gasteiger partial charge in [0.05, 0.1) is 55.1 Å². The molecule has 0 atom stereocenters. The van der Waals surface area contributed by atoms with Gasteiger partial charge in [-0.25, -0.2) is 24.7 Å². The van der Waals surface area contributed by atoms with Gasteiger partial charge in [0.15, 0.2) is 5.82 Å². The van der Waals surface area contributed by atoms with Crippen LogP contribution in [0.1, 0.15) is 41.9 Å². The number of ether oxygens (including phenoxy) is 2. The maximum absolute atomic E-state index is 13.2. The third kappa shape index (κ3) is 5.19. The summed E-state index contributed by atoms with van der Waals surface area (Å²) in [6, 6.07) is 0. The van der Waals surface area contributed by atoms with Crippen LogP contribution in [0.5, 0.6) is 5.88 Å². The Morgan fingerprint density at radius 3 is 2.63 bits per heavy atom. The predicted octanol–water partition coefficient (Wildman–Crippen LogP) is 2.19. The predicted molar refractivity (Wildman–Crippen MR) is 124 cm³/mol. The van der Waals surface area contributed by atoms with Crippen LogP contribution < -0.4 is 15.4 Å². The largest absolute Gasteiger partial charge is 0.418 e. The van der Waals surface area contributed by atoms with Crippen molar-refractivity contribution < 1.29 is 19.1 Å². The number of rotatable bonds is 7. The van der Waals surface area contributed by atoms with E-state index < -0.39 is 6.09 Å². The monoisotopic (exact) mass is 479 g/mol. The fourth-order valence-electron chi connectivity index (χ4n) is 3.70. The number of nitrogens with zero attached hydrogens (tertiary/aromatic N) is 7. The zero-order chi connectivity index (χ0) is 24.2. The second-order valence-electron chi connectivity index (χ2n) is 8.12. The Bertz CT molecular complexity index is 1210. The maximum Gasteiger partial charge on any atom is 0.418 e. The molecule has 0 spiro atoms. The Morgan fingerprint density at radius 1 is 1.14 bits per heavy atom. The van der Waals surface area contributed by atoms with Crippen LogP contribution in [-0.2, 0) is 11.3 Å². The number of aryl methyl sites for hydroxylation is 1. The van der Waals surface area contributed by atoms with Crippen molar-refractivity contribution in [3.8, 4) is 5.88 Å². The zero-order valence-electron chi connectivity index (χ0n) is 19.2. The summed E-state index contributed by atoms with van der Waals surface area (Å²) in [4.78, 5) is 44.6. The Labute approximate surface area is 200 Å². The number of aromatic nitrogens is 6. The molecule has 3 aromatic rings. The van der Waals surface area contributed by atoms with E-state index in [9.17, 15) is 9.59 Å². The van der Waals surface area contributed by atoms with Gasteiger partial charge in [-0.1, -0.05) is 0 Å². The van der Waals surface area contributed by atoms with Crippen molar-refractivity contribution in [2.45, 2.75) is 32.2 Å². The van der Waals surface area contributed by atoms with Crippen LogP contribution >= 0.6 is 0 Å². The highest BCUT2D eigenvalue weighted by Gasteiger charge is 2.29. The normalized spacial score (nSPS) is 15.5. The Balaban J connectivity index is 1.36. The van der Waals surface area contributed by atoms with E-state index in [0.717, 1.165) is 18.5 Å². The lowest BCUT2D eigenvalue weighted by Gasteiger charge is -2.27. The minimum absolute atomic E-state index is 0.0136. The molecular formula is C22H25N9O4. The molecule has 1 saturated heterocycles. The summed E-state index contributed by atoms with van der Waals surface area (Å²) in [5.74, 6) is 0.334. The van der Waals surface area contributed by atoms with Gasteiger partial charge in [0.1, 0.15) is 12.0 Å². The first-order valence-electron chi connectivity index (χ1n) is 11.4. The highest BCUT2D eigenvalue weighted by molar-refractivity contribution is 6.01. The van der Waals surface area contributed by atoms with E-state index in [1.165, 1.54) is 12.5 Å². The quantitative estimate of drug-likeness (QED) is 0.516. The molecule has 35 heavy (non-hydrogen) atoms. The molecule has 0 bridgehead atoms. The Kier molecular flexibility index (Phi) is 6.48. The molecule has 2 aliphatic rings. The highest BCUT2D eigenvalue weighted by Crippen LogP contribution is 2.40. The van der Waals surface area contributed by atoms with Crippen LogP contribution in [0, 0.1) is 0 Å². The van der Waals surface area contributed by atoms with E-state index in [-0.39, 0.29) is 29.0 Å². The van der Waals surface area contributed by atoms with Crippen LogP contribution in [-0.4, -0.2) is 72.9 Å². The van der Waals surface area contributed by atoms with Gasteiger partial charge in [0.25, 0.3) is 11.8 Å². The minimum Gasteiger partial charge on any atom is -0.387 e. The lowest BCUT2D eigenvalue weighted by atomic mass is 10.3. The topological polar surface area (TPSA) is 149 Å². The molecule has 13 heteroatoms. The Hall–Kier alpha value is -4.13. The van der Waals surface area contributed by atoms with Crippen molar-refractivity contribution >= 4 is 29.2 Å². The first-order chi connectivity index (χ1) is 17.1. The summed E-state index contributed by atoms with van der Waals surface area (Å²) in [5.41, 5.74) is 1.85. The van der Waals surface area contributed by atoms with E-state index >= 15 is 0 Å². The summed E-state index contributed by atoms with van der Waals surface area (Å²) in [5, 5.41) is 9.91. The molecule has 4 heterocycles. The van der Waals surface area contributed by atoms with Crippen molar-refractivity contribution in [2.24, 2.45) is 0 Å². The van der Waals surface area contributed by atoms with E-state index in [2.05, 4.69) is 35.7 Å². The third-order valence-electron chi connectivity index (χ3n) is 5.64. The zero-order valence-corrected chi connectivity index (χ0v) is 19.2. The summed E-state index contributed by atoms with van der Waals surface area (Å²) in [6.45, 7) is 4.21. The number of carbonyl (C=O) groups is 2. The van der Waals surface area contributed by atoms with Gasteiger partial charge < -0.3 is 19.7 Å². The molecule has 0 radical (unpaired) electrons. The maximum atomic E-state index is 13.2. The summed E-state index contributed by atoms with van der Waals surface area (Å²) >= 11 is 0. The van der Waals surface area contributed by atoms with Gasteiger partial charge in [-0.2, -0.15) is 5.10 Å². The van der Waals surface area contributed by atoms with Crippen LogP contribution in [0.15, 0.2) is 31.1 Å². The summed E-state index contributed by atoms with van der Waals surface area (Å²) in [6.07, 6.45) is 8.86. The standard InChI is InChI=1S/C22H25N9O4/c1-2-31-18(21(32)30-5-7-34-8-6-30)17(12-26-31)29-22(33)35-20-19(27-15-9-23-13-24-10-15)25-11-16(28-20)14-3-4-14/h9-14H,2-8H2,1H3,(H,25,27)(H,29,33). The molecule has 2 N–H and O–H groups in total. The van der Waals surface area contributed by atoms with Crippen molar-refractivity contribution in [1.82, 2.24) is 34.6 Å². The molecule has 182 valence electrons. The number of amides is 2. The van der Waals surface area contributed by atoms with E-state index in [4.69, 9.17) is 9.47 Å². The van der Waals surface area contributed by atoms with E-state index in [1.54, 1.807) is 28.2 Å². The molecule has 2 fully saturated rings. The van der Waals surface area contributed by atoms with Crippen molar-refractivity contribution in [3.05, 3.63) is 42.5 Å². The molecule has 1 saturated carbocycles. The van der Waals surface area contributed by atoms with Gasteiger partial charge in [-0.15, -0.1) is 0 Å². The first-order valence-corrected chi connectivity index (χ1v) is 11.4. The number of nitrogens with one attached hydrogen (secondary N) is 2. The van der Waals surface area contributed by atoms with E-state index in [0.29, 0.717) is 44.5 Å². The number of morpholine rings is 1. The molecule has 0 aromatic carbocycles. The van der Waals surface area contributed by atoms with Crippen LogP contribution in [0.2, 0.25) is 0 Å². The van der Waals surface area contributed by atoms with Crippen LogP contribution in [0.4, 0.5) is 22.0 Å². The fraction of sp³-hybridized carbons (Fsp3) is 0.409. The molecule has 1 aliphatic heterocycles. The second-order valence-corrected chi connectivity index (χ2v) is 8.12. The number of hydrogen-bond donors (Lipinski definition) is 2. The first kappa shape index (κ1) is 22.7. The minimum atomic E-state index is -0.814. The molecule has 13 nitrogen and oxygen atoms in total. The third-order valence-corrected chi connectivity index (χ3v) is 5.64. The number of anilines is 3. The molecular weight excluding hydrogens is 454 g/mol. The summed E-state index contributed by atoms with van der Waals surface area (Å²) < 4.78 is 12.4. The van der Waals surface area contributed by atoms with Crippen molar-refractivity contribution in [1.29, 1.82) is 0 Å². The second kappa shape index (κ2) is 10.0. The molecule has 1 aliphatic carbocycles. The smallest absolute Gasteiger partial charge is 0.387 e. The average Bonchev–Trinajstić information content (AvgIpc) is 3.66. The van der Waals surface area contributed by atoms with Crippen LogP contribution in [0.25, 0.3) is 0 Å². The number of carbonyl (C=O) groups excluding carboxylic acids is 2. The van der Waals surface area contributed by atoms with Gasteiger partial charge >= 0.3 is 6.09 Å².